The highest BCUT2D eigenvalue weighted by Crippen LogP contribution is 2.30. The zero-order valence-electron chi connectivity index (χ0n) is 15.4. The van der Waals surface area contributed by atoms with Crippen LogP contribution in [0.2, 0.25) is 0 Å². The van der Waals surface area contributed by atoms with Gasteiger partial charge in [0.2, 0.25) is 0 Å². The van der Waals surface area contributed by atoms with Crippen molar-refractivity contribution in [3.8, 4) is 22.9 Å². The fourth-order valence-corrected chi connectivity index (χ4v) is 2.78. The predicted molar refractivity (Wildman–Crippen MR) is 109 cm³/mol. The second-order valence-electron chi connectivity index (χ2n) is 6.31. The maximum Gasteiger partial charge on any atom is 0.276 e. The fraction of sp³-hybridized carbons (Fsp3) is 0.0833. The Bertz CT molecular complexity index is 1010. The van der Waals surface area contributed by atoms with Gasteiger partial charge in [0.15, 0.2) is 5.75 Å². The third-order valence-corrected chi connectivity index (χ3v) is 4.25. The smallest absolute Gasteiger partial charge is 0.276 e. The van der Waals surface area contributed by atoms with Crippen molar-refractivity contribution in [1.82, 2.24) is 10.2 Å². The standard InChI is InChI=1S/C24H20N2O2/c1-4-10-19(11-5-1)17-27-23-16-22(21-14-8-3-9-15-21)25-26-24(23)28-18-20-12-6-2-7-13-20/h1-16H,17-18H2. The molecule has 0 amide bonds. The van der Waals surface area contributed by atoms with Gasteiger partial charge in [-0.2, -0.15) is 0 Å². The Balaban J connectivity index is 1.58. The van der Waals surface area contributed by atoms with Gasteiger partial charge in [-0.1, -0.05) is 91.0 Å². The number of benzene rings is 3. The number of aromatic nitrogens is 2. The van der Waals surface area contributed by atoms with Crippen molar-refractivity contribution in [2.75, 3.05) is 0 Å². The van der Waals surface area contributed by atoms with Crippen LogP contribution in [0.4, 0.5) is 0 Å². The van der Waals surface area contributed by atoms with Gasteiger partial charge in [-0.15, -0.1) is 10.2 Å². The normalized spacial score (nSPS) is 10.4. The number of ether oxygens (including phenoxy) is 2. The summed E-state index contributed by atoms with van der Waals surface area (Å²) in [5.41, 5.74) is 3.87. The molecule has 1 heterocycles. The van der Waals surface area contributed by atoms with Crippen molar-refractivity contribution < 1.29 is 9.47 Å². The molecule has 138 valence electrons. The van der Waals surface area contributed by atoms with Gasteiger partial charge in [0, 0.05) is 11.6 Å². The van der Waals surface area contributed by atoms with Crippen LogP contribution < -0.4 is 9.47 Å². The van der Waals surface area contributed by atoms with Gasteiger partial charge in [0.1, 0.15) is 13.2 Å². The van der Waals surface area contributed by atoms with Crippen LogP contribution in [0.3, 0.4) is 0 Å². The maximum absolute atomic E-state index is 6.05. The van der Waals surface area contributed by atoms with E-state index in [-0.39, 0.29) is 0 Å². The molecule has 0 bridgehead atoms. The molecule has 0 spiro atoms. The van der Waals surface area contributed by atoms with Crippen LogP contribution >= 0.6 is 0 Å². The molecule has 4 aromatic rings. The van der Waals surface area contributed by atoms with Crippen LogP contribution in [0.5, 0.6) is 11.6 Å². The largest absolute Gasteiger partial charge is 0.483 e. The van der Waals surface area contributed by atoms with Crippen molar-refractivity contribution in [3.05, 3.63) is 108 Å². The van der Waals surface area contributed by atoms with Crippen LogP contribution in [-0.4, -0.2) is 10.2 Å². The molecule has 0 atom stereocenters. The zero-order valence-corrected chi connectivity index (χ0v) is 15.4. The molecule has 1 aromatic heterocycles. The van der Waals surface area contributed by atoms with E-state index in [1.807, 2.05) is 97.1 Å². The van der Waals surface area contributed by atoms with Crippen LogP contribution in [0.1, 0.15) is 11.1 Å². The maximum atomic E-state index is 6.05. The van der Waals surface area contributed by atoms with E-state index >= 15 is 0 Å². The third kappa shape index (κ3) is 4.54. The van der Waals surface area contributed by atoms with Crippen LogP contribution in [0, 0.1) is 0 Å². The minimum atomic E-state index is 0.388. The average Bonchev–Trinajstić information content (AvgIpc) is 2.78. The molecule has 0 aliphatic rings. The Labute approximate surface area is 164 Å². The summed E-state index contributed by atoms with van der Waals surface area (Å²) >= 11 is 0. The summed E-state index contributed by atoms with van der Waals surface area (Å²) in [6.45, 7) is 0.838. The number of nitrogens with zero attached hydrogens (tertiary/aromatic N) is 2. The monoisotopic (exact) mass is 368 g/mol. The molecule has 0 fully saturated rings. The van der Waals surface area contributed by atoms with Crippen LogP contribution in [-0.2, 0) is 13.2 Å². The molecule has 3 aromatic carbocycles. The Kier molecular flexibility index (Phi) is 5.59. The molecule has 0 N–H and O–H groups in total. The molecular formula is C24H20N2O2. The molecule has 0 saturated heterocycles. The summed E-state index contributed by atoms with van der Waals surface area (Å²) in [5, 5.41) is 8.61. The van der Waals surface area contributed by atoms with Gasteiger partial charge in [-0.3, -0.25) is 0 Å². The summed E-state index contributed by atoms with van der Waals surface area (Å²) in [6, 6.07) is 31.8. The summed E-state index contributed by atoms with van der Waals surface area (Å²) in [6.07, 6.45) is 0. The van der Waals surface area contributed by atoms with Gasteiger partial charge in [0.25, 0.3) is 5.88 Å². The first-order chi connectivity index (χ1) is 13.9. The highest BCUT2D eigenvalue weighted by Gasteiger charge is 2.12. The van der Waals surface area contributed by atoms with E-state index in [1.165, 1.54) is 0 Å². The van der Waals surface area contributed by atoms with Crippen molar-refractivity contribution in [2.24, 2.45) is 0 Å². The lowest BCUT2D eigenvalue weighted by Gasteiger charge is -2.13. The zero-order chi connectivity index (χ0) is 19.0. The second-order valence-corrected chi connectivity index (χ2v) is 6.31. The Hall–Kier alpha value is -3.66. The molecule has 0 unspecified atom stereocenters. The minimum absolute atomic E-state index is 0.388. The van der Waals surface area contributed by atoms with E-state index in [9.17, 15) is 0 Å². The third-order valence-electron chi connectivity index (χ3n) is 4.25. The first kappa shape index (κ1) is 17.7. The van der Waals surface area contributed by atoms with E-state index in [4.69, 9.17) is 9.47 Å². The van der Waals surface area contributed by atoms with Crippen LogP contribution in [0.25, 0.3) is 11.3 Å². The molecule has 0 aliphatic heterocycles. The first-order valence-electron chi connectivity index (χ1n) is 9.15. The topological polar surface area (TPSA) is 44.2 Å². The Morgan fingerprint density at radius 3 is 1.71 bits per heavy atom. The molecule has 4 rings (SSSR count). The summed E-state index contributed by atoms with van der Waals surface area (Å²) in [4.78, 5) is 0. The molecule has 0 aliphatic carbocycles. The lowest BCUT2D eigenvalue weighted by atomic mass is 10.1. The van der Waals surface area contributed by atoms with E-state index in [2.05, 4.69) is 10.2 Å². The fourth-order valence-electron chi connectivity index (χ4n) is 2.78. The first-order valence-corrected chi connectivity index (χ1v) is 9.15. The van der Waals surface area contributed by atoms with E-state index in [1.54, 1.807) is 0 Å². The van der Waals surface area contributed by atoms with Crippen molar-refractivity contribution in [2.45, 2.75) is 13.2 Å². The van der Waals surface area contributed by atoms with E-state index in [0.717, 1.165) is 22.4 Å². The lowest BCUT2D eigenvalue weighted by molar-refractivity contribution is 0.244. The van der Waals surface area contributed by atoms with E-state index < -0.39 is 0 Å². The van der Waals surface area contributed by atoms with Crippen molar-refractivity contribution in [3.63, 3.8) is 0 Å². The quantitative estimate of drug-likeness (QED) is 0.444. The Morgan fingerprint density at radius 1 is 0.571 bits per heavy atom. The minimum Gasteiger partial charge on any atom is -0.483 e. The molecular weight excluding hydrogens is 348 g/mol. The molecule has 0 saturated carbocycles. The molecule has 0 radical (unpaired) electrons. The van der Waals surface area contributed by atoms with Crippen LogP contribution in [0.15, 0.2) is 97.1 Å². The van der Waals surface area contributed by atoms with Crippen molar-refractivity contribution in [1.29, 1.82) is 0 Å². The van der Waals surface area contributed by atoms with Gasteiger partial charge in [-0.25, -0.2) is 0 Å². The van der Waals surface area contributed by atoms with Gasteiger partial charge in [0.05, 0.1) is 5.69 Å². The number of hydrogen-bond acceptors (Lipinski definition) is 4. The van der Waals surface area contributed by atoms with Crippen molar-refractivity contribution >= 4 is 0 Å². The summed E-state index contributed by atoms with van der Waals surface area (Å²) < 4.78 is 12.0. The number of rotatable bonds is 7. The highest BCUT2D eigenvalue weighted by molar-refractivity contribution is 5.61. The van der Waals surface area contributed by atoms with Gasteiger partial charge < -0.3 is 9.47 Å². The number of hydrogen-bond donors (Lipinski definition) is 0. The molecule has 4 nitrogen and oxygen atoms in total. The summed E-state index contributed by atoms with van der Waals surface area (Å²) in [5.74, 6) is 0.966. The van der Waals surface area contributed by atoms with Gasteiger partial charge in [-0.05, 0) is 11.1 Å². The molecule has 28 heavy (non-hydrogen) atoms. The summed E-state index contributed by atoms with van der Waals surface area (Å²) in [7, 11) is 0. The average molecular weight is 368 g/mol. The highest BCUT2D eigenvalue weighted by atomic mass is 16.5. The second kappa shape index (κ2) is 8.82. The predicted octanol–water partition coefficient (Wildman–Crippen LogP) is 5.30. The SMILES string of the molecule is c1ccc(COc2cc(-c3ccccc3)nnc2OCc2ccccc2)cc1. The van der Waals surface area contributed by atoms with Gasteiger partial charge >= 0.3 is 0 Å². The molecule has 4 heteroatoms. The lowest BCUT2D eigenvalue weighted by Crippen LogP contribution is -2.04. The van der Waals surface area contributed by atoms with E-state index in [0.29, 0.717) is 24.8 Å². The Morgan fingerprint density at radius 2 is 1.11 bits per heavy atom.